The molecule has 1 aliphatic rings. The molecule has 0 aliphatic carbocycles. The van der Waals surface area contributed by atoms with Crippen molar-refractivity contribution >= 4 is 60.6 Å². The van der Waals surface area contributed by atoms with Gasteiger partial charge in [0.1, 0.15) is 15.2 Å². The molecule has 0 bridgehead atoms. The lowest BCUT2D eigenvalue weighted by atomic mass is 10.3. The zero-order valence-corrected chi connectivity index (χ0v) is 12.2. The molecule has 9 heteroatoms. The predicted octanol–water partition coefficient (Wildman–Crippen LogP) is 1.77. The van der Waals surface area contributed by atoms with Crippen molar-refractivity contribution in [3.8, 4) is 0 Å². The van der Waals surface area contributed by atoms with Gasteiger partial charge < -0.3 is 10.6 Å². The van der Waals surface area contributed by atoms with Crippen molar-refractivity contribution < 1.29 is 9.59 Å². The maximum Gasteiger partial charge on any atom is 0.279 e. The highest BCUT2D eigenvalue weighted by Gasteiger charge is 2.28. The van der Waals surface area contributed by atoms with Gasteiger partial charge in [0.05, 0.1) is 6.20 Å². The van der Waals surface area contributed by atoms with Gasteiger partial charge in [-0.2, -0.15) is 0 Å². The molecule has 0 saturated carbocycles. The quantitative estimate of drug-likeness (QED) is 0.815. The number of carbonyl (C=O) groups excluding carboxylic acids is 2. The van der Waals surface area contributed by atoms with Crippen molar-refractivity contribution in [1.29, 1.82) is 0 Å². The summed E-state index contributed by atoms with van der Waals surface area (Å²) in [5.41, 5.74) is 0. The highest BCUT2D eigenvalue weighted by atomic mass is 79.9. The highest BCUT2D eigenvalue weighted by molar-refractivity contribution is 9.11. The smallest absolute Gasteiger partial charge is 0.279 e. The third-order valence-electron chi connectivity index (χ3n) is 1.93. The van der Waals surface area contributed by atoms with Gasteiger partial charge in [0.15, 0.2) is 5.82 Å². The van der Waals surface area contributed by atoms with Crippen LogP contribution in [0.1, 0.15) is 0 Å². The zero-order valence-electron chi connectivity index (χ0n) is 8.24. The van der Waals surface area contributed by atoms with E-state index in [1.165, 1.54) is 6.20 Å². The van der Waals surface area contributed by atoms with Crippen LogP contribution in [0.2, 0.25) is 0 Å². The van der Waals surface area contributed by atoms with Crippen molar-refractivity contribution in [2.24, 2.45) is 0 Å². The van der Waals surface area contributed by atoms with Gasteiger partial charge in [-0.3, -0.25) is 9.59 Å². The van der Waals surface area contributed by atoms with Gasteiger partial charge in [-0.05, 0) is 31.9 Å². The molecular weight excluding hydrogens is 376 g/mol. The van der Waals surface area contributed by atoms with Crippen LogP contribution in [0.5, 0.6) is 0 Å². The Hall–Kier alpha value is -0.670. The summed E-state index contributed by atoms with van der Waals surface area (Å²) in [4.78, 5) is 30.7. The summed E-state index contributed by atoms with van der Waals surface area (Å²) in [7, 11) is 0. The third-order valence-corrected chi connectivity index (χ3v) is 3.75. The van der Waals surface area contributed by atoms with E-state index >= 15 is 0 Å². The molecule has 1 saturated heterocycles. The fraction of sp³-hybridized carbons (Fsp3) is 0.250. The fourth-order valence-electron chi connectivity index (χ4n) is 1.16. The lowest BCUT2D eigenvalue weighted by Crippen LogP contribution is -2.38. The number of amides is 2. The van der Waals surface area contributed by atoms with Crippen LogP contribution in [0.4, 0.5) is 10.6 Å². The number of anilines is 1. The van der Waals surface area contributed by atoms with Crippen molar-refractivity contribution in [3.05, 3.63) is 15.4 Å². The van der Waals surface area contributed by atoms with Gasteiger partial charge in [0.2, 0.25) is 5.91 Å². The van der Waals surface area contributed by atoms with Crippen molar-refractivity contribution in [2.75, 3.05) is 11.1 Å². The molecule has 90 valence electrons. The second-order valence-electron chi connectivity index (χ2n) is 3.12. The van der Waals surface area contributed by atoms with Crippen LogP contribution in [0.3, 0.4) is 0 Å². The van der Waals surface area contributed by atoms with E-state index in [-0.39, 0.29) is 11.1 Å². The van der Waals surface area contributed by atoms with Gasteiger partial charge in [0.25, 0.3) is 5.24 Å². The lowest BCUT2D eigenvalue weighted by molar-refractivity contribution is -0.117. The summed E-state index contributed by atoms with van der Waals surface area (Å²) in [6.07, 6.45) is 1.47. The molecule has 1 aromatic heterocycles. The number of thioether (sulfide) groups is 1. The molecule has 2 N–H and O–H groups in total. The van der Waals surface area contributed by atoms with E-state index in [1.807, 2.05) is 0 Å². The first-order valence-corrected chi connectivity index (χ1v) is 7.05. The van der Waals surface area contributed by atoms with E-state index in [0.717, 1.165) is 11.8 Å². The number of nitrogens with zero attached hydrogens (tertiary/aromatic N) is 2. The van der Waals surface area contributed by atoms with Gasteiger partial charge in [-0.25, -0.2) is 9.97 Å². The SMILES string of the molecule is O=C1NC(C(=O)Nc2ncc(Br)nc2Br)CS1. The van der Waals surface area contributed by atoms with Crippen LogP contribution in [0.15, 0.2) is 15.4 Å². The van der Waals surface area contributed by atoms with Crippen LogP contribution in [-0.2, 0) is 4.79 Å². The maximum absolute atomic E-state index is 11.8. The Morgan fingerprint density at radius 3 is 2.94 bits per heavy atom. The van der Waals surface area contributed by atoms with Crippen LogP contribution in [0.25, 0.3) is 0 Å². The van der Waals surface area contributed by atoms with Crippen LogP contribution in [0, 0.1) is 0 Å². The number of hydrogen-bond donors (Lipinski definition) is 2. The molecule has 6 nitrogen and oxygen atoms in total. The molecule has 2 heterocycles. The Morgan fingerprint density at radius 1 is 1.59 bits per heavy atom. The molecule has 2 rings (SSSR count). The number of hydrogen-bond acceptors (Lipinski definition) is 5. The molecule has 0 radical (unpaired) electrons. The average molecular weight is 382 g/mol. The minimum atomic E-state index is -0.523. The topological polar surface area (TPSA) is 84.0 Å². The van der Waals surface area contributed by atoms with Crippen LogP contribution < -0.4 is 10.6 Å². The van der Waals surface area contributed by atoms with E-state index in [4.69, 9.17) is 0 Å². The molecular formula is C8H6Br2N4O2S. The third kappa shape index (κ3) is 3.17. The fourth-order valence-corrected chi connectivity index (χ4v) is 2.85. The van der Waals surface area contributed by atoms with Gasteiger partial charge in [0, 0.05) is 5.75 Å². The Balaban J connectivity index is 2.05. The second kappa shape index (κ2) is 5.32. The number of rotatable bonds is 2. The number of aromatic nitrogens is 2. The predicted molar refractivity (Wildman–Crippen MR) is 70.8 cm³/mol. The molecule has 1 fully saturated rings. The van der Waals surface area contributed by atoms with Crippen molar-refractivity contribution in [1.82, 2.24) is 15.3 Å². The van der Waals surface area contributed by atoms with Crippen molar-refractivity contribution in [2.45, 2.75) is 6.04 Å². The summed E-state index contributed by atoms with van der Waals surface area (Å²) in [5, 5.41) is 4.95. The summed E-state index contributed by atoms with van der Waals surface area (Å²) in [6, 6.07) is -0.523. The molecule has 2 amide bonds. The summed E-state index contributed by atoms with van der Waals surface area (Å²) in [5.74, 6) is 0.441. The minimum Gasteiger partial charge on any atom is -0.334 e. The van der Waals surface area contributed by atoms with E-state index < -0.39 is 6.04 Å². The molecule has 1 atom stereocenters. The highest BCUT2D eigenvalue weighted by Crippen LogP contribution is 2.20. The standard InChI is InChI=1S/C8H6Br2N4O2S/c9-4-1-11-6(5(10)13-4)14-7(15)3-2-17-8(16)12-3/h1,3H,2H2,(H,12,16)(H,11,14,15). The van der Waals surface area contributed by atoms with Crippen molar-refractivity contribution in [3.63, 3.8) is 0 Å². The Kier molecular flexibility index (Phi) is 4.00. The number of halogens is 2. The monoisotopic (exact) mass is 380 g/mol. The first kappa shape index (κ1) is 12.8. The van der Waals surface area contributed by atoms with E-state index in [2.05, 4.69) is 52.5 Å². The van der Waals surface area contributed by atoms with Gasteiger partial charge >= 0.3 is 0 Å². The summed E-state index contributed by atoms with van der Waals surface area (Å²) >= 11 is 7.43. The number of nitrogens with one attached hydrogen (secondary N) is 2. The Bertz CT molecular complexity index is 485. The number of carbonyl (C=O) groups is 2. The second-order valence-corrected chi connectivity index (χ2v) is 5.67. The van der Waals surface area contributed by atoms with E-state index in [1.54, 1.807) is 0 Å². The first-order valence-electron chi connectivity index (χ1n) is 4.48. The summed E-state index contributed by atoms with van der Waals surface area (Å²) in [6.45, 7) is 0. The lowest BCUT2D eigenvalue weighted by Gasteiger charge is -2.10. The maximum atomic E-state index is 11.8. The first-order chi connectivity index (χ1) is 8.06. The molecule has 0 aromatic carbocycles. The molecule has 17 heavy (non-hydrogen) atoms. The summed E-state index contributed by atoms with van der Waals surface area (Å²) < 4.78 is 0.990. The molecule has 1 unspecified atom stereocenters. The molecule has 1 aliphatic heterocycles. The molecule has 0 spiro atoms. The largest absolute Gasteiger partial charge is 0.334 e. The Labute approximate surface area is 118 Å². The van der Waals surface area contributed by atoms with E-state index in [0.29, 0.717) is 20.8 Å². The average Bonchev–Trinajstić information content (AvgIpc) is 2.69. The normalized spacial score (nSPS) is 18.9. The van der Waals surface area contributed by atoms with Gasteiger partial charge in [-0.1, -0.05) is 11.8 Å². The van der Waals surface area contributed by atoms with Crippen LogP contribution in [-0.4, -0.2) is 32.9 Å². The Morgan fingerprint density at radius 2 is 2.35 bits per heavy atom. The van der Waals surface area contributed by atoms with Crippen LogP contribution >= 0.6 is 43.6 Å². The molecule has 1 aromatic rings. The zero-order chi connectivity index (χ0) is 12.4. The van der Waals surface area contributed by atoms with E-state index in [9.17, 15) is 9.59 Å². The van der Waals surface area contributed by atoms with Gasteiger partial charge in [-0.15, -0.1) is 0 Å². The minimum absolute atomic E-state index is 0.189.